The average molecular weight is 350 g/mol. The number of nitrogens with one attached hydrogen (secondary N) is 1. The third kappa shape index (κ3) is 5.18. The lowest BCUT2D eigenvalue weighted by molar-refractivity contribution is -0.123. The number of anilines is 1. The molecule has 0 aliphatic rings. The highest BCUT2D eigenvalue weighted by molar-refractivity contribution is 5.98. The maximum Gasteiger partial charge on any atom is 0.338 e. The number of nitrogens with zero attached hydrogens (tertiary/aromatic N) is 1. The molecule has 1 atom stereocenters. The minimum absolute atomic E-state index is 0.349. The van der Waals surface area contributed by atoms with Crippen LogP contribution in [-0.2, 0) is 16.0 Å². The number of rotatable bonds is 7. The molecule has 0 aliphatic heterocycles. The fourth-order valence-corrected chi connectivity index (χ4v) is 2.39. The summed E-state index contributed by atoms with van der Waals surface area (Å²) in [5, 5.41) is 11.7. The number of carbonyl (C=O) groups is 2. The van der Waals surface area contributed by atoms with Crippen LogP contribution in [0.4, 0.5) is 5.69 Å². The second-order valence-electron chi connectivity index (χ2n) is 5.99. The summed E-state index contributed by atoms with van der Waals surface area (Å²) in [7, 11) is 0. The molecule has 1 amide bonds. The summed E-state index contributed by atoms with van der Waals surface area (Å²) in [5.74, 6) is -1.04. The highest BCUT2D eigenvalue weighted by atomic mass is 16.5. The van der Waals surface area contributed by atoms with Gasteiger partial charge in [0, 0.05) is 0 Å². The highest BCUT2D eigenvalue weighted by Gasteiger charge is 2.19. The molecular weight excluding hydrogens is 328 g/mol. The standard InChI is InChI=1S/C21H22N2O3/c1-3-4-7-16-10-12-17(13-11-16)21(25)26-15(2)20(24)23-19-9-6-5-8-18(19)14-22/h5-6,8-13,15H,3-4,7H2,1-2H3,(H,23,24). The molecule has 0 radical (unpaired) electrons. The normalized spacial score (nSPS) is 11.3. The number of hydrogen-bond donors (Lipinski definition) is 1. The van der Waals surface area contributed by atoms with E-state index in [4.69, 9.17) is 10.00 Å². The maximum absolute atomic E-state index is 12.2. The van der Waals surface area contributed by atoms with Gasteiger partial charge in [-0.1, -0.05) is 37.6 Å². The van der Waals surface area contributed by atoms with Crippen molar-refractivity contribution in [1.29, 1.82) is 5.26 Å². The van der Waals surface area contributed by atoms with Crippen LogP contribution < -0.4 is 5.32 Å². The summed E-state index contributed by atoms with van der Waals surface area (Å²) in [6.45, 7) is 3.63. The number of unbranched alkanes of at least 4 members (excludes halogenated alkanes) is 1. The van der Waals surface area contributed by atoms with Crippen LogP contribution in [0.3, 0.4) is 0 Å². The molecule has 0 saturated carbocycles. The minimum atomic E-state index is -0.978. The summed E-state index contributed by atoms with van der Waals surface area (Å²) in [4.78, 5) is 24.4. The van der Waals surface area contributed by atoms with Crippen molar-refractivity contribution in [2.45, 2.75) is 39.2 Å². The van der Waals surface area contributed by atoms with Crippen LogP contribution in [0.2, 0.25) is 0 Å². The Labute approximate surface area is 153 Å². The van der Waals surface area contributed by atoms with Crippen LogP contribution in [0.1, 0.15) is 48.2 Å². The van der Waals surface area contributed by atoms with Gasteiger partial charge in [-0.3, -0.25) is 4.79 Å². The molecule has 5 heteroatoms. The van der Waals surface area contributed by atoms with Gasteiger partial charge >= 0.3 is 5.97 Å². The maximum atomic E-state index is 12.2. The Hall–Kier alpha value is -3.13. The van der Waals surface area contributed by atoms with Gasteiger partial charge in [0.15, 0.2) is 6.10 Å². The molecule has 1 N–H and O–H groups in total. The Morgan fingerprint density at radius 1 is 1.15 bits per heavy atom. The van der Waals surface area contributed by atoms with E-state index in [0.29, 0.717) is 16.8 Å². The van der Waals surface area contributed by atoms with Crippen LogP contribution >= 0.6 is 0 Å². The zero-order valence-corrected chi connectivity index (χ0v) is 15.0. The molecule has 0 bridgehead atoms. The SMILES string of the molecule is CCCCc1ccc(C(=O)OC(C)C(=O)Nc2ccccc2C#N)cc1. The molecule has 0 spiro atoms. The summed E-state index contributed by atoms with van der Waals surface area (Å²) in [6.07, 6.45) is 2.22. The molecule has 0 saturated heterocycles. The van der Waals surface area contributed by atoms with Crippen molar-refractivity contribution in [1.82, 2.24) is 0 Å². The Morgan fingerprint density at radius 3 is 2.50 bits per heavy atom. The van der Waals surface area contributed by atoms with Crippen molar-refractivity contribution >= 4 is 17.6 Å². The molecule has 0 fully saturated rings. The molecule has 2 aromatic rings. The summed E-state index contributed by atoms with van der Waals surface area (Å²) in [5.41, 5.74) is 2.31. The summed E-state index contributed by atoms with van der Waals surface area (Å²) in [6, 6.07) is 15.9. The molecule has 0 aromatic heterocycles. The second-order valence-corrected chi connectivity index (χ2v) is 5.99. The van der Waals surface area contributed by atoms with Gasteiger partial charge < -0.3 is 10.1 Å². The quantitative estimate of drug-likeness (QED) is 0.763. The smallest absolute Gasteiger partial charge is 0.338 e. The Morgan fingerprint density at radius 2 is 1.85 bits per heavy atom. The van der Waals surface area contributed by atoms with Gasteiger partial charge in [0.2, 0.25) is 0 Å². The predicted octanol–water partition coefficient (Wildman–Crippen LogP) is 4.08. The first-order chi connectivity index (χ1) is 12.5. The fourth-order valence-electron chi connectivity index (χ4n) is 2.39. The third-order valence-electron chi connectivity index (χ3n) is 3.97. The van der Waals surface area contributed by atoms with Crippen LogP contribution in [0.25, 0.3) is 0 Å². The number of para-hydroxylation sites is 1. The zero-order chi connectivity index (χ0) is 18.9. The molecule has 134 valence electrons. The molecule has 1 unspecified atom stereocenters. The number of nitriles is 1. The number of aryl methyl sites for hydroxylation is 1. The average Bonchev–Trinajstić information content (AvgIpc) is 2.67. The third-order valence-corrected chi connectivity index (χ3v) is 3.97. The van der Waals surface area contributed by atoms with Gasteiger partial charge in [0.1, 0.15) is 6.07 Å². The minimum Gasteiger partial charge on any atom is -0.449 e. The number of amides is 1. The summed E-state index contributed by atoms with van der Waals surface area (Å²) < 4.78 is 5.23. The van der Waals surface area contributed by atoms with Gasteiger partial charge in [-0.05, 0) is 49.6 Å². The van der Waals surface area contributed by atoms with Gasteiger partial charge in [-0.15, -0.1) is 0 Å². The number of ether oxygens (including phenoxy) is 1. The van der Waals surface area contributed by atoms with E-state index in [1.165, 1.54) is 12.5 Å². The number of benzene rings is 2. The molecular formula is C21H22N2O3. The van der Waals surface area contributed by atoms with E-state index in [0.717, 1.165) is 19.3 Å². The number of carbonyl (C=O) groups excluding carboxylic acids is 2. The van der Waals surface area contributed by atoms with E-state index in [2.05, 4.69) is 12.2 Å². The van der Waals surface area contributed by atoms with Crippen molar-refractivity contribution < 1.29 is 14.3 Å². The molecule has 2 rings (SSSR count). The lowest BCUT2D eigenvalue weighted by Crippen LogP contribution is -2.30. The molecule has 0 aliphatic carbocycles. The van der Waals surface area contributed by atoms with Crippen LogP contribution in [0, 0.1) is 11.3 Å². The summed E-state index contributed by atoms with van der Waals surface area (Å²) >= 11 is 0. The first-order valence-electron chi connectivity index (χ1n) is 8.65. The van der Waals surface area contributed by atoms with Crippen molar-refractivity contribution in [3.63, 3.8) is 0 Å². The Bertz CT molecular complexity index is 807. The van der Waals surface area contributed by atoms with Crippen molar-refractivity contribution in [2.75, 3.05) is 5.32 Å². The van der Waals surface area contributed by atoms with E-state index in [9.17, 15) is 9.59 Å². The lowest BCUT2D eigenvalue weighted by atomic mass is 10.1. The van der Waals surface area contributed by atoms with Crippen LogP contribution in [0.15, 0.2) is 48.5 Å². The van der Waals surface area contributed by atoms with E-state index in [1.54, 1.807) is 36.4 Å². The van der Waals surface area contributed by atoms with Crippen molar-refractivity contribution in [2.24, 2.45) is 0 Å². The molecule has 5 nitrogen and oxygen atoms in total. The van der Waals surface area contributed by atoms with Gasteiger partial charge in [0.25, 0.3) is 5.91 Å². The van der Waals surface area contributed by atoms with Crippen LogP contribution in [0.5, 0.6) is 0 Å². The monoisotopic (exact) mass is 350 g/mol. The van der Waals surface area contributed by atoms with E-state index >= 15 is 0 Å². The molecule has 26 heavy (non-hydrogen) atoms. The number of esters is 1. The molecule has 0 heterocycles. The second kappa shape index (κ2) is 9.38. The van der Waals surface area contributed by atoms with Crippen molar-refractivity contribution in [3.05, 3.63) is 65.2 Å². The molecule has 2 aromatic carbocycles. The number of hydrogen-bond acceptors (Lipinski definition) is 4. The largest absolute Gasteiger partial charge is 0.449 e. The first-order valence-corrected chi connectivity index (χ1v) is 8.65. The van der Waals surface area contributed by atoms with E-state index in [-0.39, 0.29) is 0 Å². The lowest BCUT2D eigenvalue weighted by Gasteiger charge is -2.14. The highest BCUT2D eigenvalue weighted by Crippen LogP contribution is 2.15. The predicted molar refractivity (Wildman–Crippen MR) is 99.7 cm³/mol. The van der Waals surface area contributed by atoms with Gasteiger partial charge in [0.05, 0.1) is 16.8 Å². The van der Waals surface area contributed by atoms with E-state index < -0.39 is 18.0 Å². The topological polar surface area (TPSA) is 79.2 Å². The Balaban J connectivity index is 1.95. The van der Waals surface area contributed by atoms with Gasteiger partial charge in [-0.25, -0.2) is 4.79 Å². The van der Waals surface area contributed by atoms with Gasteiger partial charge in [-0.2, -0.15) is 5.26 Å². The van der Waals surface area contributed by atoms with Crippen LogP contribution in [-0.4, -0.2) is 18.0 Å². The Kier molecular flexibility index (Phi) is 6.92. The van der Waals surface area contributed by atoms with E-state index in [1.807, 2.05) is 18.2 Å². The first kappa shape index (κ1) is 19.2. The zero-order valence-electron chi connectivity index (χ0n) is 15.0. The van der Waals surface area contributed by atoms with Crippen molar-refractivity contribution in [3.8, 4) is 6.07 Å². The fraction of sp³-hybridized carbons (Fsp3) is 0.286.